The molecule has 0 aliphatic rings. The first-order valence-corrected chi connectivity index (χ1v) is 5.70. The van der Waals surface area contributed by atoms with Crippen LogP contribution < -0.4 is 4.72 Å². The van der Waals surface area contributed by atoms with Crippen LogP contribution >= 0.6 is 11.9 Å². The second-order valence-electron chi connectivity index (χ2n) is 3.10. The molecule has 0 radical (unpaired) electrons. The van der Waals surface area contributed by atoms with E-state index in [1.54, 1.807) is 5.41 Å². The maximum Gasteiger partial charge on any atom is 0.143 e. The molecule has 0 fully saturated rings. The van der Waals surface area contributed by atoms with Crippen molar-refractivity contribution in [1.29, 1.82) is 0 Å². The number of hydrogen-bond donors (Lipinski definition) is 1. The van der Waals surface area contributed by atoms with Crippen molar-refractivity contribution in [3.8, 4) is 0 Å². The lowest BCUT2D eigenvalue weighted by Gasteiger charge is -2.10. The Balaban J connectivity index is 3.24. The second kappa shape index (κ2) is 9.81. The minimum atomic E-state index is 0.521. The molecule has 0 aromatic rings. The van der Waals surface area contributed by atoms with Crippen LogP contribution in [0.4, 0.5) is 0 Å². The Bertz CT molecular complexity index is 148. The van der Waals surface area contributed by atoms with E-state index in [9.17, 15) is 4.79 Å². The molecule has 13 heavy (non-hydrogen) atoms. The average Bonchev–Trinajstić information content (AvgIpc) is 2.13. The van der Waals surface area contributed by atoms with Gasteiger partial charge in [0.15, 0.2) is 0 Å². The van der Waals surface area contributed by atoms with Gasteiger partial charge in [0.2, 0.25) is 0 Å². The van der Waals surface area contributed by atoms with Gasteiger partial charge in [0, 0.05) is 6.04 Å². The lowest BCUT2D eigenvalue weighted by molar-refractivity contribution is -0.104. The Morgan fingerprint density at radius 3 is 2.85 bits per heavy atom. The highest BCUT2D eigenvalue weighted by Gasteiger charge is 1.98. The van der Waals surface area contributed by atoms with E-state index in [1.165, 1.54) is 43.7 Å². The topological polar surface area (TPSA) is 29.1 Å². The lowest BCUT2D eigenvalue weighted by atomic mass is 10.1. The molecular weight excluding hydrogens is 182 g/mol. The monoisotopic (exact) mass is 201 g/mol. The van der Waals surface area contributed by atoms with Crippen LogP contribution in [0.5, 0.6) is 0 Å². The van der Waals surface area contributed by atoms with Crippen LogP contribution in [0.3, 0.4) is 0 Å². The Morgan fingerprint density at radius 1 is 1.46 bits per heavy atom. The van der Waals surface area contributed by atoms with Gasteiger partial charge in [0.25, 0.3) is 0 Å². The first kappa shape index (κ1) is 12.7. The first-order chi connectivity index (χ1) is 6.31. The van der Waals surface area contributed by atoms with Crippen LogP contribution in [0.1, 0.15) is 39.5 Å². The Labute approximate surface area is 85.3 Å². The summed E-state index contributed by atoms with van der Waals surface area (Å²) in [7, 11) is 0. The van der Waals surface area contributed by atoms with E-state index in [4.69, 9.17) is 0 Å². The summed E-state index contributed by atoms with van der Waals surface area (Å²) in [5.41, 5.74) is 0. The standard InChI is InChI=1S/C10H19NOS/c1-3-4-5-7-10(2)11-13-9-6-8-12/h6,8-11H,3-5,7H2,1-2H3/b9-6-. The molecule has 2 nitrogen and oxygen atoms in total. The van der Waals surface area contributed by atoms with E-state index in [2.05, 4.69) is 18.6 Å². The summed E-state index contributed by atoms with van der Waals surface area (Å²) in [4.78, 5) is 9.93. The summed E-state index contributed by atoms with van der Waals surface area (Å²) in [6, 6.07) is 0.521. The van der Waals surface area contributed by atoms with Gasteiger partial charge in [-0.25, -0.2) is 0 Å². The number of carbonyl (C=O) groups is 1. The van der Waals surface area contributed by atoms with Gasteiger partial charge in [-0.3, -0.25) is 9.52 Å². The molecule has 0 aliphatic carbocycles. The third kappa shape index (κ3) is 9.64. The van der Waals surface area contributed by atoms with E-state index in [1.807, 2.05) is 0 Å². The van der Waals surface area contributed by atoms with Crippen molar-refractivity contribution in [2.24, 2.45) is 0 Å². The highest BCUT2D eigenvalue weighted by molar-refractivity contribution is 8.00. The van der Waals surface area contributed by atoms with Gasteiger partial charge < -0.3 is 0 Å². The van der Waals surface area contributed by atoms with Crippen LogP contribution in [0.15, 0.2) is 11.5 Å². The predicted molar refractivity (Wildman–Crippen MR) is 59.5 cm³/mol. The zero-order valence-corrected chi connectivity index (χ0v) is 9.27. The van der Waals surface area contributed by atoms with Crippen molar-refractivity contribution >= 4 is 18.2 Å². The third-order valence-corrected chi connectivity index (χ3v) is 2.57. The summed E-state index contributed by atoms with van der Waals surface area (Å²) in [5.74, 6) is 0. The quantitative estimate of drug-likeness (QED) is 0.283. The molecular formula is C10H19NOS. The van der Waals surface area contributed by atoms with Crippen molar-refractivity contribution in [2.75, 3.05) is 0 Å². The molecule has 0 saturated heterocycles. The van der Waals surface area contributed by atoms with Gasteiger partial charge in [-0.1, -0.05) is 38.1 Å². The summed E-state index contributed by atoms with van der Waals surface area (Å²) in [6.45, 7) is 4.37. The minimum Gasteiger partial charge on any atom is -0.299 e. The number of rotatable bonds is 8. The molecule has 0 aromatic carbocycles. The van der Waals surface area contributed by atoms with Crippen molar-refractivity contribution in [3.05, 3.63) is 11.5 Å². The summed E-state index contributed by atoms with van der Waals surface area (Å²) in [6.07, 6.45) is 7.34. The maximum absolute atomic E-state index is 9.93. The van der Waals surface area contributed by atoms with Crippen LogP contribution in [0.25, 0.3) is 0 Å². The molecule has 1 N–H and O–H groups in total. The second-order valence-corrected chi connectivity index (χ2v) is 3.84. The molecule has 1 atom stereocenters. The van der Waals surface area contributed by atoms with E-state index >= 15 is 0 Å². The largest absolute Gasteiger partial charge is 0.299 e. The molecule has 1 unspecified atom stereocenters. The molecule has 0 aromatic heterocycles. The van der Waals surface area contributed by atoms with Gasteiger partial charge in [-0.05, 0) is 24.8 Å². The molecule has 0 bridgehead atoms. The highest BCUT2D eigenvalue weighted by Crippen LogP contribution is 2.06. The number of allylic oxidation sites excluding steroid dienone is 1. The normalized spacial score (nSPS) is 13.4. The molecule has 0 aliphatic heterocycles. The molecule has 0 saturated carbocycles. The average molecular weight is 201 g/mol. The van der Waals surface area contributed by atoms with Crippen molar-refractivity contribution < 1.29 is 4.79 Å². The van der Waals surface area contributed by atoms with Crippen LogP contribution in [0, 0.1) is 0 Å². The number of nitrogens with one attached hydrogen (secondary N) is 1. The fourth-order valence-corrected chi connectivity index (χ4v) is 1.56. The summed E-state index contributed by atoms with van der Waals surface area (Å²) < 4.78 is 3.25. The third-order valence-electron chi connectivity index (χ3n) is 1.74. The van der Waals surface area contributed by atoms with Crippen molar-refractivity contribution in [1.82, 2.24) is 4.72 Å². The Hall–Kier alpha value is -0.280. The molecule has 0 rings (SSSR count). The summed E-state index contributed by atoms with van der Waals surface area (Å²) in [5, 5.41) is 1.77. The highest BCUT2D eigenvalue weighted by atomic mass is 32.2. The zero-order valence-electron chi connectivity index (χ0n) is 8.45. The summed E-state index contributed by atoms with van der Waals surface area (Å²) >= 11 is 1.48. The van der Waals surface area contributed by atoms with Gasteiger partial charge in [0.05, 0.1) is 0 Å². The van der Waals surface area contributed by atoms with E-state index in [-0.39, 0.29) is 0 Å². The molecule has 0 heterocycles. The van der Waals surface area contributed by atoms with Crippen molar-refractivity contribution in [2.45, 2.75) is 45.6 Å². The van der Waals surface area contributed by atoms with Crippen LogP contribution in [-0.2, 0) is 4.79 Å². The zero-order chi connectivity index (χ0) is 9.94. The number of hydrogen-bond acceptors (Lipinski definition) is 3. The first-order valence-electron chi connectivity index (χ1n) is 4.82. The van der Waals surface area contributed by atoms with Gasteiger partial charge >= 0.3 is 0 Å². The van der Waals surface area contributed by atoms with E-state index in [0.717, 1.165) is 6.29 Å². The van der Waals surface area contributed by atoms with Gasteiger partial charge in [0.1, 0.15) is 6.29 Å². The molecule has 0 spiro atoms. The molecule has 76 valence electrons. The predicted octanol–water partition coefficient (Wildman–Crippen LogP) is 2.91. The number of carbonyl (C=O) groups excluding carboxylic acids is 1. The van der Waals surface area contributed by atoms with Crippen molar-refractivity contribution in [3.63, 3.8) is 0 Å². The fraction of sp³-hybridized carbons (Fsp3) is 0.700. The Kier molecular flexibility index (Phi) is 9.59. The van der Waals surface area contributed by atoms with E-state index in [0.29, 0.717) is 6.04 Å². The maximum atomic E-state index is 9.93. The number of unbranched alkanes of at least 4 members (excludes halogenated alkanes) is 2. The van der Waals surface area contributed by atoms with Gasteiger partial charge in [-0.15, -0.1) is 0 Å². The van der Waals surface area contributed by atoms with Gasteiger partial charge in [-0.2, -0.15) is 0 Å². The lowest BCUT2D eigenvalue weighted by Crippen LogP contribution is -2.17. The van der Waals surface area contributed by atoms with Crippen LogP contribution in [-0.4, -0.2) is 12.3 Å². The Morgan fingerprint density at radius 2 is 2.23 bits per heavy atom. The number of aldehydes is 1. The minimum absolute atomic E-state index is 0.521. The van der Waals surface area contributed by atoms with E-state index < -0.39 is 0 Å². The fourth-order valence-electron chi connectivity index (χ4n) is 0.986. The van der Waals surface area contributed by atoms with Crippen LogP contribution in [0.2, 0.25) is 0 Å². The molecule has 3 heteroatoms. The SMILES string of the molecule is CCCCCC(C)NS/C=C\C=O. The molecule has 0 amide bonds. The smallest absolute Gasteiger partial charge is 0.143 e.